The zero-order chi connectivity index (χ0) is 11.0. The van der Waals surface area contributed by atoms with Crippen LogP contribution < -0.4 is 0 Å². The van der Waals surface area contributed by atoms with Crippen LogP contribution >= 0.6 is 0 Å². The summed E-state index contributed by atoms with van der Waals surface area (Å²) >= 11 is 0. The standard InChI is InChI=1S/C12H22O2/c1-4-5-6-7-8-9-10-12(2,3)11(13)14/h4-5H,6-10H2,1-3H3,(H,13,14). The molecule has 0 amide bonds. The van der Waals surface area contributed by atoms with E-state index in [2.05, 4.69) is 12.2 Å². The highest BCUT2D eigenvalue weighted by molar-refractivity contribution is 5.73. The summed E-state index contributed by atoms with van der Waals surface area (Å²) in [5.41, 5.74) is -0.555. The van der Waals surface area contributed by atoms with Gasteiger partial charge in [0.05, 0.1) is 5.41 Å². The highest BCUT2D eigenvalue weighted by Gasteiger charge is 2.25. The smallest absolute Gasteiger partial charge is 0.309 e. The first kappa shape index (κ1) is 13.2. The van der Waals surface area contributed by atoms with E-state index in [1.807, 2.05) is 6.92 Å². The fraction of sp³-hybridized carbons (Fsp3) is 0.750. The van der Waals surface area contributed by atoms with Crippen LogP contribution in [0.25, 0.3) is 0 Å². The minimum Gasteiger partial charge on any atom is -0.481 e. The summed E-state index contributed by atoms with van der Waals surface area (Å²) in [5.74, 6) is -0.689. The van der Waals surface area contributed by atoms with Gasteiger partial charge in [-0.1, -0.05) is 25.0 Å². The molecule has 0 fully saturated rings. The van der Waals surface area contributed by atoms with Crippen molar-refractivity contribution >= 4 is 5.97 Å². The van der Waals surface area contributed by atoms with Crippen molar-refractivity contribution in [2.24, 2.45) is 5.41 Å². The number of hydrogen-bond acceptors (Lipinski definition) is 1. The van der Waals surface area contributed by atoms with Crippen molar-refractivity contribution in [3.05, 3.63) is 12.2 Å². The quantitative estimate of drug-likeness (QED) is 0.501. The number of carboxylic acids is 1. The fourth-order valence-electron chi connectivity index (χ4n) is 1.28. The van der Waals surface area contributed by atoms with Crippen LogP contribution in [0, 0.1) is 5.41 Å². The molecule has 2 heteroatoms. The molecule has 0 aliphatic rings. The van der Waals surface area contributed by atoms with Gasteiger partial charge in [0.2, 0.25) is 0 Å². The van der Waals surface area contributed by atoms with Gasteiger partial charge in [-0.2, -0.15) is 0 Å². The number of hydrogen-bond donors (Lipinski definition) is 1. The summed E-state index contributed by atoms with van der Waals surface area (Å²) in [4.78, 5) is 10.8. The number of rotatable bonds is 7. The second kappa shape index (κ2) is 6.63. The van der Waals surface area contributed by atoms with Crippen LogP contribution in [0.3, 0.4) is 0 Å². The SMILES string of the molecule is CC=CCCCCCC(C)(C)C(=O)O. The van der Waals surface area contributed by atoms with Gasteiger partial charge in [-0.05, 0) is 40.0 Å². The molecule has 1 N–H and O–H groups in total. The lowest BCUT2D eigenvalue weighted by Crippen LogP contribution is -2.23. The normalized spacial score (nSPS) is 12.2. The lowest BCUT2D eigenvalue weighted by atomic mass is 9.87. The van der Waals surface area contributed by atoms with Gasteiger partial charge in [0.1, 0.15) is 0 Å². The summed E-state index contributed by atoms with van der Waals surface area (Å²) < 4.78 is 0. The van der Waals surface area contributed by atoms with E-state index in [0.29, 0.717) is 0 Å². The summed E-state index contributed by atoms with van der Waals surface area (Å²) in [7, 11) is 0. The third-order valence-electron chi connectivity index (χ3n) is 2.49. The van der Waals surface area contributed by atoms with Gasteiger partial charge in [0, 0.05) is 0 Å². The number of unbranched alkanes of at least 4 members (excludes halogenated alkanes) is 3. The molecule has 2 nitrogen and oxygen atoms in total. The third kappa shape index (κ3) is 5.79. The van der Waals surface area contributed by atoms with Crippen molar-refractivity contribution in [2.75, 3.05) is 0 Å². The topological polar surface area (TPSA) is 37.3 Å². The highest BCUT2D eigenvalue weighted by atomic mass is 16.4. The van der Waals surface area contributed by atoms with Crippen LogP contribution in [0.5, 0.6) is 0 Å². The second-order valence-electron chi connectivity index (χ2n) is 4.36. The first-order valence-corrected chi connectivity index (χ1v) is 5.35. The monoisotopic (exact) mass is 198 g/mol. The van der Waals surface area contributed by atoms with Crippen molar-refractivity contribution in [1.82, 2.24) is 0 Å². The largest absolute Gasteiger partial charge is 0.481 e. The van der Waals surface area contributed by atoms with E-state index in [1.54, 1.807) is 13.8 Å². The highest BCUT2D eigenvalue weighted by Crippen LogP contribution is 2.23. The molecular formula is C12H22O2. The second-order valence-corrected chi connectivity index (χ2v) is 4.36. The summed E-state index contributed by atoms with van der Waals surface area (Å²) in [5, 5.41) is 8.87. The number of aliphatic carboxylic acids is 1. The molecule has 0 bridgehead atoms. The van der Waals surface area contributed by atoms with Gasteiger partial charge in [-0.25, -0.2) is 0 Å². The molecular weight excluding hydrogens is 176 g/mol. The first-order chi connectivity index (χ1) is 6.50. The average Bonchev–Trinajstić information content (AvgIpc) is 2.10. The first-order valence-electron chi connectivity index (χ1n) is 5.35. The Kier molecular flexibility index (Phi) is 6.26. The Morgan fingerprint density at radius 2 is 1.93 bits per heavy atom. The summed E-state index contributed by atoms with van der Waals surface area (Å²) in [6, 6.07) is 0. The van der Waals surface area contributed by atoms with E-state index in [4.69, 9.17) is 5.11 Å². The molecule has 0 rings (SSSR count). The Morgan fingerprint density at radius 3 is 2.43 bits per heavy atom. The van der Waals surface area contributed by atoms with Crippen LogP contribution in [0.15, 0.2) is 12.2 Å². The van der Waals surface area contributed by atoms with Gasteiger partial charge in [0.25, 0.3) is 0 Å². The molecule has 0 aromatic heterocycles. The Hall–Kier alpha value is -0.790. The molecule has 0 unspecified atom stereocenters. The van der Waals surface area contributed by atoms with Crippen LogP contribution in [0.1, 0.15) is 52.9 Å². The van der Waals surface area contributed by atoms with E-state index < -0.39 is 11.4 Å². The van der Waals surface area contributed by atoms with E-state index in [9.17, 15) is 4.79 Å². The van der Waals surface area contributed by atoms with Crippen LogP contribution in [-0.2, 0) is 4.79 Å². The Bertz CT molecular complexity index is 192. The average molecular weight is 198 g/mol. The number of allylic oxidation sites excluding steroid dienone is 2. The van der Waals surface area contributed by atoms with Crippen molar-refractivity contribution in [3.8, 4) is 0 Å². The van der Waals surface area contributed by atoms with Crippen LogP contribution in [0.2, 0.25) is 0 Å². The van der Waals surface area contributed by atoms with E-state index in [0.717, 1.165) is 25.7 Å². The predicted octanol–water partition coefficient (Wildman–Crippen LogP) is 3.62. The molecule has 0 saturated carbocycles. The maximum Gasteiger partial charge on any atom is 0.309 e. The van der Waals surface area contributed by atoms with Crippen molar-refractivity contribution in [3.63, 3.8) is 0 Å². The maximum absolute atomic E-state index is 10.8. The molecule has 0 aliphatic heterocycles. The number of carboxylic acid groups (broad SMARTS) is 1. The van der Waals surface area contributed by atoms with Crippen LogP contribution in [0.4, 0.5) is 0 Å². The third-order valence-corrected chi connectivity index (χ3v) is 2.49. The summed E-state index contributed by atoms with van der Waals surface area (Å²) in [6.07, 6.45) is 9.41. The van der Waals surface area contributed by atoms with Gasteiger partial charge in [0.15, 0.2) is 0 Å². The molecule has 14 heavy (non-hydrogen) atoms. The zero-order valence-electron chi connectivity index (χ0n) is 9.55. The zero-order valence-corrected chi connectivity index (χ0v) is 9.55. The molecule has 0 saturated heterocycles. The Morgan fingerprint density at radius 1 is 1.29 bits per heavy atom. The van der Waals surface area contributed by atoms with E-state index in [-0.39, 0.29) is 0 Å². The minimum absolute atomic E-state index is 0.555. The number of carbonyl (C=O) groups is 1. The van der Waals surface area contributed by atoms with Crippen molar-refractivity contribution in [1.29, 1.82) is 0 Å². The summed E-state index contributed by atoms with van der Waals surface area (Å²) in [6.45, 7) is 5.61. The maximum atomic E-state index is 10.8. The Labute approximate surface area is 87.0 Å². The van der Waals surface area contributed by atoms with Gasteiger partial charge in [-0.15, -0.1) is 0 Å². The van der Waals surface area contributed by atoms with E-state index in [1.165, 1.54) is 6.42 Å². The van der Waals surface area contributed by atoms with Crippen LogP contribution in [-0.4, -0.2) is 11.1 Å². The minimum atomic E-state index is -0.689. The molecule has 0 atom stereocenters. The molecule has 0 spiro atoms. The van der Waals surface area contributed by atoms with Gasteiger partial charge < -0.3 is 5.11 Å². The molecule has 0 radical (unpaired) electrons. The van der Waals surface area contributed by atoms with E-state index >= 15 is 0 Å². The molecule has 0 heterocycles. The fourth-order valence-corrected chi connectivity index (χ4v) is 1.28. The van der Waals surface area contributed by atoms with Crippen molar-refractivity contribution in [2.45, 2.75) is 52.9 Å². The Balaban J connectivity index is 3.49. The molecule has 0 aliphatic carbocycles. The lowest BCUT2D eigenvalue weighted by Gasteiger charge is -2.18. The predicted molar refractivity (Wildman–Crippen MR) is 59.3 cm³/mol. The van der Waals surface area contributed by atoms with Gasteiger partial charge >= 0.3 is 5.97 Å². The molecule has 0 aromatic rings. The van der Waals surface area contributed by atoms with Gasteiger partial charge in [-0.3, -0.25) is 4.79 Å². The molecule has 0 aromatic carbocycles. The molecule has 82 valence electrons. The van der Waals surface area contributed by atoms with Crippen molar-refractivity contribution < 1.29 is 9.90 Å². The lowest BCUT2D eigenvalue weighted by molar-refractivity contribution is -0.147.